The molecule has 0 amide bonds. The van der Waals surface area contributed by atoms with Crippen LogP contribution in [0.25, 0.3) is 33.4 Å². The molecular formula is C24H16F2O2. The second kappa shape index (κ2) is 7.16. The van der Waals surface area contributed by atoms with E-state index in [1.807, 2.05) is 6.07 Å². The summed E-state index contributed by atoms with van der Waals surface area (Å²) in [5.41, 5.74) is 3.18. The van der Waals surface area contributed by atoms with Gasteiger partial charge in [0.1, 0.15) is 23.1 Å². The van der Waals surface area contributed by atoms with Crippen LogP contribution in [0.4, 0.5) is 8.78 Å². The molecule has 0 aliphatic carbocycles. The molecule has 0 saturated heterocycles. The lowest BCUT2D eigenvalue weighted by molar-refractivity contribution is 0.474. The standard InChI is InChI=1S/C24H16F2O2/c25-19-5-1-3-15(11-19)17-7-9-21(23(26)13-17)22-10-8-18(14-24(22)28)16-4-2-6-20(27)12-16/h1-14,27-28H. The van der Waals surface area contributed by atoms with Crippen molar-refractivity contribution >= 4 is 0 Å². The summed E-state index contributed by atoms with van der Waals surface area (Å²) in [6, 6.07) is 22.1. The van der Waals surface area contributed by atoms with Gasteiger partial charge < -0.3 is 10.2 Å². The van der Waals surface area contributed by atoms with Crippen LogP contribution in [-0.2, 0) is 0 Å². The van der Waals surface area contributed by atoms with Crippen LogP contribution in [0.5, 0.6) is 11.5 Å². The Bertz CT molecular complexity index is 1080. The number of rotatable bonds is 3. The van der Waals surface area contributed by atoms with E-state index >= 15 is 0 Å². The zero-order valence-electron chi connectivity index (χ0n) is 14.7. The molecule has 0 fully saturated rings. The summed E-state index contributed by atoms with van der Waals surface area (Å²) in [7, 11) is 0. The van der Waals surface area contributed by atoms with Crippen molar-refractivity contribution in [2.75, 3.05) is 0 Å². The normalized spacial score (nSPS) is 10.8. The van der Waals surface area contributed by atoms with E-state index in [1.165, 1.54) is 24.3 Å². The lowest BCUT2D eigenvalue weighted by Gasteiger charge is -2.11. The fourth-order valence-electron chi connectivity index (χ4n) is 3.21. The maximum absolute atomic E-state index is 14.7. The third-order valence-corrected chi connectivity index (χ3v) is 4.59. The Morgan fingerprint density at radius 1 is 0.536 bits per heavy atom. The van der Waals surface area contributed by atoms with E-state index in [-0.39, 0.29) is 22.9 Å². The van der Waals surface area contributed by atoms with Gasteiger partial charge in [0.15, 0.2) is 0 Å². The number of phenolic OH excluding ortho intramolecular Hbond substituents is 2. The summed E-state index contributed by atoms with van der Waals surface area (Å²) in [6.45, 7) is 0. The molecule has 28 heavy (non-hydrogen) atoms. The van der Waals surface area contributed by atoms with E-state index in [2.05, 4.69) is 0 Å². The zero-order chi connectivity index (χ0) is 19.7. The topological polar surface area (TPSA) is 40.5 Å². The highest BCUT2D eigenvalue weighted by atomic mass is 19.1. The minimum absolute atomic E-state index is 0.0711. The minimum atomic E-state index is -0.512. The number of hydrogen-bond donors (Lipinski definition) is 2. The maximum atomic E-state index is 14.7. The average Bonchev–Trinajstić information content (AvgIpc) is 2.68. The molecule has 138 valence electrons. The summed E-state index contributed by atoms with van der Waals surface area (Å²) in [4.78, 5) is 0. The Labute approximate surface area is 161 Å². The molecule has 0 atom stereocenters. The smallest absolute Gasteiger partial charge is 0.131 e. The highest BCUT2D eigenvalue weighted by molar-refractivity contribution is 5.78. The van der Waals surface area contributed by atoms with Crippen LogP contribution in [0.3, 0.4) is 0 Å². The van der Waals surface area contributed by atoms with E-state index in [9.17, 15) is 19.0 Å². The number of phenols is 2. The Kier molecular flexibility index (Phi) is 4.53. The summed E-state index contributed by atoms with van der Waals surface area (Å²) in [5, 5.41) is 20.1. The van der Waals surface area contributed by atoms with Crippen molar-refractivity contribution in [2.45, 2.75) is 0 Å². The Hall–Kier alpha value is -3.66. The molecule has 0 aliphatic rings. The zero-order valence-corrected chi connectivity index (χ0v) is 14.7. The van der Waals surface area contributed by atoms with Gasteiger partial charge >= 0.3 is 0 Å². The van der Waals surface area contributed by atoms with Gasteiger partial charge in [-0.15, -0.1) is 0 Å². The summed E-state index contributed by atoms with van der Waals surface area (Å²) < 4.78 is 28.2. The first kappa shape index (κ1) is 17.7. The Morgan fingerprint density at radius 2 is 1.14 bits per heavy atom. The number of halogens is 2. The quantitative estimate of drug-likeness (QED) is 0.437. The molecular weight excluding hydrogens is 358 g/mol. The van der Waals surface area contributed by atoms with Crippen molar-refractivity contribution in [1.82, 2.24) is 0 Å². The average molecular weight is 374 g/mol. The highest BCUT2D eigenvalue weighted by Crippen LogP contribution is 2.36. The molecule has 4 rings (SSSR count). The second-order valence-corrected chi connectivity index (χ2v) is 6.49. The molecule has 0 aliphatic heterocycles. The first-order valence-electron chi connectivity index (χ1n) is 8.69. The van der Waals surface area contributed by atoms with Gasteiger partial charge in [0.2, 0.25) is 0 Å². The minimum Gasteiger partial charge on any atom is -0.508 e. The first-order chi connectivity index (χ1) is 13.5. The third kappa shape index (κ3) is 3.45. The van der Waals surface area contributed by atoms with Crippen molar-refractivity contribution in [3.8, 4) is 44.9 Å². The van der Waals surface area contributed by atoms with Crippen molar-refractivity contribution in [2.24, 2.45) is 0 Å². The van der Waals surface area contributed by atoms with Crippen molar-refractivity contribution in [1.29, 1.82) is 0 Å². The summed E-state index contributed by atoms with van der Waals surface area (Å²) in [5.74, 6) is -0.845. The summed E-state index contributed by atoms with van der Waals surface area (Å²) >= 11 is 0. The van der Waals surface area contributed by atoms with Gasteiger partial charge in [0, 0.05) is 11.1 Å². The fourth-order valence-corrected chi connectivity index (χ4v) is 3.21. The van der Waals surface area contributed by atoms with Crippen LogP contribution in [0.15, 0.2) is 84.9 Å². The van der Waals surface area contributed by atoms with Crippen LogP contribution in [0.2, 0.25) is 0 Å². The maximum Gasteiger partial charge on any atom is 0.131 e. The van der Waals surface area contributed by atoms with Crippen LogP contribution < -0.4 is 0 Å². The van der Waals surface area contributed by atoms with E-state index in [4.69, 9.17) is 0 Å². The van der Waals surface area contributed by atoms with Gasteiger partial charge in [-0.3, -0.25) is 0 Å². The summed E-state index contributed by atoms with van der Waals surface area (Å²) in [6.07, 6.45) is 0. The first-order valence-corrected chi connectivity index (χ1v) is 8.69. The highest BCUT2D eigenvalue weighted by Gasteiger charge is 2.13. The van der Waals surface area contributed by atoms with E-state index < -0.39 is 5.82 Å². The van der Waals surface area contributed by atoms with E-state index in [0.717, 1.165) is 5.56 Å². The number of aromatic hydroxyl groups is 2. The van der Waals surface area contributed by atoms with Gasteiger partial charge in [0.05, 0.1) is 0 Å². The van der Waals surface area contributed by atoms with Gasteiger partial charge in [-0.25, -0.2) is 8.78 Å². The van der Waals surface area contributed by atoms with E-state index in [0.29, 0.717) is 22.3 Å². The molecule has 4 aromatic carbocycles. The second-order valence-electron chi connectivity index (χ2n) is 6.49. The molecule has 4 aromatic rings. The van der Waals surface area contributed by atoms with E-state index in [1.54, 1.807) is 54.6 Å². The van der Waals surface area contributed by atoms with Crippen molar-refractivity contribution < 1.29 is 19.0 Å². The molecule has 0 radical (unpaired) electrons. The molecule has 2 nitrogen and oxygen atoms in total. The molecule has 0 saturated carbocycles. The van der Waals surface area contributed by atoms with Crippen LogP contribution in [0, 0.1) is 11.6 Å². The SMILES string of the molecule is Oc1cccc(-c2ccc(-c3ccc(-c4cccc(F)c4)cc3F)c(O)c2)c1. The Morgan fingerprint density at radius 3 is 1.79 bits per heavy atom. The van der Waals surface area contributed by atoms with Gasteiger partial charge in [-0.05, 0) is 64.7 Å². The largest absolute Gasteiger partial charge is 0.508 e. The lowest BCUT2D eigenvalue weighted by atomic mass is 9.96. The lowest BCUT2D eigenvalue weighted by Crippen LogP contribution is -1.89. The molecule has 0 heterocycles. The molecule has 2 N–H and O–H groups in total. The van der Waals surface area contributed by atoms with Crippen LogP contribution in [0.1, 0.15) is 0 Å². The fraction of sp³-hybridized carbons (Fsp3) is 0. The Balaban J connectivity index is 1.71. The molecule has 0 bridgehead atoms. The third-order valence-electron chi connectivity index (χ3n) is 4.59. The monoisotopic (exact) mass is 374 g/mol. The number of hydrogen-bond acceptors (Lipinski definition) is 2. The van der Waals surface area contributed by atoms with Gasteiger partial charge in [-0.2, -0.15) is 0 Å². The predicted octanol–water partition coefficient (Wildman–Crippen LogP) is 6.38. The molecule has 4 heteroatoms. The van der Waals surface area contributed by atoms with Crippen LogP contribution >= 0.6 is 0 Å². The number of benzene rings is 4. The molecule has 0 spiro atoms. The predicted molar refractivity (Wildman–Crippen MR) is 106 cm³/mol. The molecule has 0 unspecified atom stereocenters. The van der Waals surface area contributed by atoms with Gasteiger partial charge in [0.25, 0.3) is 0 Å². The molecule has 0 aromatic heterocycles. The van der Waals surface area contributed by atoms with Gasteiger partial charge in [-0.1, -0.05) is 42.5 Å². The van der Waals surface area contributed by atoms with Crippen LogP contribution in [-0.4, -0.2) is 10.2 Å². The van der Waals surface area contributed by atoms with Crippen molar-refractivity contribution in [3.63, 3.8) is 0 Å². The van der Waals surface area contributed by atoms with Crippen molar-refractivity contribution in [3.05, 3.63) is 96.6 Å².